The molecule has 5 N–H and O–H groups in total. The highest BCUT2D eigenvalue weighted by molar-refractivity contribution is 6.09. The normalized spacial score (nSPS) is 10.7. The Hall–Kier alpha value is -3.43. The van der Waals surface area contributed by atoms with Crippen molar-refractivity contribution in [3.63, 3.8) is 0 Å². The second-order valence-electron chi connectivity index (χ2n) is 4.09. The minimum atomic E-state index is -0.707. The van der Waals surface area contributed by atoms with Crippen LogP contribution in [0.3, 0.4) is 0 Å². The number of aromatic amines is 2. The average molecular weight is 288 g/mol. The number of fused-ring (bicyclic) bond motifs is 1. The first-order chi connectivity index (χ1) is 10.1. The van der Waals surface area contributed by atoms with E-state index < -0.39 is 17.0 Å². The number of hydrogen-bond donors (Lipinski definition) is 4. The molecule has 1 amide bonds. The smallest absolute Gasteiger partial charge is 0.281 e. The number of nitrogens with two attached hydrogens (primary N) is 1. The summed E-state index contributed by atoms with van der Waals surface area (Å²) in [4.78, 5) is 35.5. The lowest BCUT2D eigenvalue weighted by Crippen LogP contribution is -2.22. The fraction of sp³-hybridized carbons (Fsp3) is 0. The molecule has 0 unspecified atom stereocenters. The Labute approximate surface area is 114 Å². The van der Waals surface area contributed by atoms with Crippen LogP contribution in [0.5, 0.6) is 0 Å². The van der Waals surface area contributed by atoms with Crippen molar-refractivity contribution in [3.05, 3.63) is 44.6 Å². The third-order valence-electron chi connectivity index (χ3n) is 2.80. The van der Waals surface area contributed by atoms with E-state index in [4.69, 9.17) is 5.73 Å². The quantitative estimate of drug-likeness (QED) is 0.491. The van der Waals surface area contributed by atoms with Crippen LogP contribution in [0.2, 0.25) is 0 Å². The lowest BCUT2D eigenvalue weighted by atomic mass is 10.1. The van der Waals surface area contributed by atoms with Gasteiger partial charge in [-0.25, -0.2) is 4.63 Å². The van der Waals surface area contributed by atoms with E-state index >= 15 is 0 Å². The number of aromatic nitrogens is 4. The van der Waals surface area contributed by atoms with Crippen LogP contribution in [-0.4, -0.2) is 26.4 Å². The second kappa shape index (κ2) is 4.59. The summed E-state index contributed by atoms with van der Waals surface area (Å²) < 4.78 is 4.33. The molecule has 0 saturated heterocycles. The van der Waals surface area contributed by atoms with Gasteiger partial charge in [-0.3, -0.25) is 24.6 Å². The molecule has 2 heterocycles. The number of carbonyl (C=O) groups is 1. The molecule has 21 heavy (non-hydrogen) atoms. The number of nitrogens with one attached hydrogen (secondary N) is 3. The van der Waals surface area contributed by atoms with Crippen LogP contribution >= 0.6 is 0 Å². The molecule has 0 aliphatic carbocycles. The summed E-state index contributed by atoms with van der Waals surface area (Å²) in [5, 5.41) is 13.6. The van der Waals surface area contributed by atoms with Crippen molar-refractivity contribution in [3.8, 4) is 0 Å². The van der Waals surface area contributed by atoms with Gasteiger partial charge in [0.2, 0.25) is 11.5 Å². The maximum atomic E-state index is 12.0. The molecule has 0 aliphatic rings. The Kier molecular flexibility index (Phi) is 2.76. The molecule has 0 atom stereocenters. The highest BCUT2D eigenvalue weighted by atomic mass is 16.6. The number of hydrogen-bond acceptors (Lipinski definition) is 7. The molecule has 10 heteroatoms. The van der Waals surface area contributed by atoms with Gasteiger partial charge in [0.25, 0.3) is 17.0 Å². The molecule has 3 rings (SSSR count). The van der Waals surface area contributed by atoms with Crippen LogP contribution < -0.4 is 22.2 Å². The van der Waals surface area contributed by atoms with Crippen LogP contribution in [0, 0.1) is 0 Å². The SMILES string of the molecule is Nc1nonc1C(=O)Nc1cccc2c(=O)[nH][nH]c(=O)c12. The van der Waals surface area contributed by atoms with Gasteiger partial charge in [0.05, 0.1) is 16.5 Å². The molecule has 106 valence electrons. The molecule has 0 fully saturated rings. The zero-order valence-electron chi connectivity index (χ0n) is 10.3. The molecule has 3 aromatic rings. The maximum absolute atomic E-state index is 12.0. The first-order valence-corrected chi connectivity index (χ1v) is 5.71. The third-order valence-corrected chi connectivity index (χ3v) is 2.80. The van der Waals surface area contributed by atoms with Crippen LogP contribution in [0.15, 0.2) is 32.4 Å². The van der Waals surface area contributed by atoms with Crippen LogP contribution in [0.4, 0.5) is 11.5 Å². The first kappa shape index (κ1) is 12.6. The zero-order chi connectivity index (χ0) is 15.0. The molecule has 1 aromatic carbocycles. The van der Waals surface area contributed by atoms with Crippen molar-refractivity contribution in [2.75, 3.05) is 11.1 Å². The van der Waals surface area contributed by atoms with Gasteiger partial charge >= 0.3 is 0 Å². The molecule has 10 nitrogen and oxygen atoms in total. The Morgan fingerprint density at radius 1 is 1.19 bits per heavy atom. The standard InChI is InChI=1S/C11H8N6O4/c12-8-7(16-21-17-8)11(20)13-5-3-1-2-4-6(5)10(19)15-14-9(4)18/h1-3H,(H2,12,17)(H,13,20)(H,14,18)(H,15,19). The number of anilines is 2. The van der Waals surface area contributed by atoms with E-state index in [1.165, 1.54) is 18.2 Å². The fourth-order valence-corrected chi connectivity index (χ4v) is 1.87. The van der Waals surface area contributed by atoms with Gasteiger partial charge in [-0.2, -0.15) is 0 Å². The number of benzene rings is 1. The van der Waals surface area contributed by atoms with Crippen molar-refractivity contribution in [2.45, 2.75) is 0 Å². The third kappa shape index (κ3) is 2.04. The van der Waals surface area contributed by atoms with Crippen LogP contribution in [0.25, 0.3) is 10.8 Å². The van der Waals surface area contributed by atoms with E-state index in [2.05, 4.69) is 30.5 Å². The lowest BCUT2D eigenvalue weighted by Gasteiger charge is -2.05. The van der Waals surface area contributed by atoms with Gasteiger partial charge in [-0.1, -0.05) is 6.07 Å². The van der Waals surface area contributed by atoms with E-state index in [0.29, 0.717) is 0 Å². The monoisotopic (exact) mass is 288 g/mol. The molecule has 2 aromatic heterocycles. The molecular weight excluding hydrogens is 280 g/mol. The maximum Gasteiger partial charge on any atom is 0.281 e. The summed E-state index contributed by atoms with van der Waals surface area (Å²) in [6.45, 7) is 0. The molecule has 0 saturated carbocycles. The van der Waals surface area contributed by atoms with E-state index in [0.717, 1.165) is 0 Å². The van der Waals surface area contributed by atoms with E-state index in [9.17, 15) is 14.4 Å². The van der Waals surface area contributed by atoms with E-state index in [-0.39, 0.29) is 28.0 Å². The number of nitrogen functional groups attached to an aromatic ring is 1. The molecule has 0 aliphatic heterocycles. The number of carbonyl (C=O) groups excluding carboxylic acids is 1. The Morgan fingerprint density at radius 3 is 2.67 bits per heavy atom. The van der Waals surface area contributed by atoms with Gasteiger partial charge < -0.3 is 11.1 Å². The summed E-state index contributed by atoms with van der Waals surface area (Å²) >= 11 is 0. The molecular formula is C11H8N6O4. The van der Waals surface area contributed by atoms with Gasteiger partial charge in [0, 0.05) is 0 Å². The average Bonchev–Trinajstić information content (AvgIpc) is 2.89. The number of rotatable bonds is 2. The van der Waals surface area contributed by atoms with Gasteiger partial charge in [-0.05, 0) is 22.4 Å². The van der Waals surface area contributed by atoms with Crippen molar-refractivity contribution in [1.82, 2.24) is 20.5 Å². The molecule has 0 bridgehead atoms. The number of H-pyrrole nitrogens is 2. The van der Waals surface area contributed by atoms with Gasteiger partial charge in [-0.15, -0.1) is 0 Å². The predicted molar refractivity (Wildman–Crippen MR) is 71.9 cm³/mol. The van der Waals surface area contributed by atoms with Crippen molar-refractivity contribution in [2.24, 2.45) is 0 Å². The van der Waals surface area contributed by atoms with Gasteiger partial charge in [0.15, 0.2) is 0 Å². The summed E-state index contributed by atoms with van der Waals surface area (Å²) in [6.07, 6.45) is 0. The highest BCUT2D eigenvalue weighted by Gasteiger charge is 2.18. The largest absolute Gasteiger partial charge is 0.379 e. The summed E-state index contributed by atoms with van der Waals surface area (Å²) in [7, 11) is 0. The minimum Gasteiger partial charge on any atom is -0.379 e. The van der Waals surface area contributed by atoms with Crippen LogP contribution in [-0.2, 0) is 0 Å². The Morgan fingerprint density at radius 2 is 1.95 bits per heavy atom. The van der Waals surface area contributed by atoms with Crippen molar-refractivity contribution >= 4 is 28.2 Å². The number of amides is 1. The Balaban J connectivity index is 2.12. The topological polar surface area (TPSA) is 160 Å². The summed E-state index contributed by atoms with van der Waals surface area (Å²) in [5.41, 5.74) is 4.31. The van der Waals surface area contributed by atoms with Crippen molar-refractivity contribution in [1.29, 1.82) is 0 Å². The first-order valence-electron chi connectivity index (χ1n) is 5.71. The second-order valence-corrected chi connectivity index (χ2v) is 4.09. The highest BCUT2D eigenvalue weighted by Crippen LogP contribution is 2.18. The van der Waals surface area contributed by atoms with E-state index in [1.54, 1.807) is 0 Å². The number of nitrogens with zero attached hydrogens (tertiary/aromatic N) is 2. The molecule has 0 spiro atoms. The summed E-state index contributed by atoms with van der Waals surface area (Å²) in [5.74, 6) is -0.888. The minimum absolute atomic E-state index is 0.0459. The van der Waals surface area contributed by atoms with Gasteiger partial charge in [0.1, 0.15) is 0 Å². The fourth-order valence-electron chi connectivity index (χ4n) is 1.87. The molecule has 0 radical (unpaired) electrons. The van der Waals surface area contributed by atoms with Crippen LogP contribution in [0.1, 0.15) is 10.5 Å². The van der Waals surface area contributed by atoms with Crippen molar-refractivity contribution < 1.29 is 9.42 Å². The van der Waals surface area contributed by atoms with E-state index in [1.807, 2.05) is 0 Å². The zero-order valence-corrected chi connectivity index (χ0v) is 10.3. The summed E-state index contributed by atoms with van der Waals surface area (Å²) in [6, 6.07) is 4.46. The Bertz CT molecular complexity index is 953. The lowest BCUT2D eigenvalue weighted by molar-refractivity contribution is 0.101. The predicted octanol–water partition coefficient (Wildman–Crippen LogP) is -0.566.